The number of pyridine rings is 1. The van der Waals surface area contributed by atoms with Crippen LogP contribution in [0.5, 0.6) is 0 Å². The Morgan fingerprint density at radius 3 is 2.57 bits per heavy atom. The molecule has 3 radical (unpaired) electrons. The van der Waals surface area contributed by atoms with Gasteiger partial charge in [0.15, 0.2) is 0 Å². The molecule has 16 nitrogen and oxygen atoms in total. The topological polar surface area (TPSA) is 172 Å². The van der Waals surface area contributed by atoms with Gasteiger partial charge in [-0.1, -0.05) is 33.6 Å². The van der Waals surface area contributed by atoms with Crippen LogP contribution in [0.25, 0.3) is 32.7 Å². The molecule has 3 saturated heterocycles. The minimum absolute atomic E-state index is 0.0467. The molecule has 4 aliphatic heterocycles. The average Bonchev–Trinajstić information content (AvgIpc) is 4.06. The Kier molecular flexibility index (Phi) is 15.5. The fraction of sp³-hybridized carbons (Fsp3) is 0.574. The number of carbonyl (C=O) groups is 5. The molecule has 383 valence electrons. The molecule has 8 rings (SSSR count). The number of aromatic nitrogens is 3. The largest absolute Gasteiger partial charge is 0.464 e. The Labute approximate surface area is 431 Å². The number of ether oxygens (including phenoxy) is 2. The monoisotopic (exact) mass is 1020 g/mol. The molecule has 18 heteroatoms. The van der Waals surface area contributed by atoms with Gasteiger partial charge in [0, 0.05) is 109 Å². The van der Waals surface area contributed by atoms with Crippen LogP contribution in [0, 0.1) is 23.2 Å². The van der Waals surface area contributed by atoms with Gasteiger partial charge in [-0.05, 0) is 108 Å². The van der Waals surface area contributed by atoms with Crippen molar-refractivity contribution in [1.82, 2.24) is 45.0 Å². The van der Waals surface area contributed by atoms with Gasteiger partial charge >= 0.3 is 5.97 Å². The van der Waals surface area contributed by atoms with E-state index in [9.17, 15) is 24.0 Å². The highest BCUT2D eigenvalue weighted by Gasteiger charge is 2.47. The number of amides is 4. The summed E-state index contributed by atoms with van der Waals surface area (Å²) in [5.41, 5.74) is 8.67. The molecule has 1 aromatic carbocycles. The van der Waals surface area contributed by atoms with Crippen LogP contribution in [0.1, 0.15) is 104 Å². The number of nitrogens with one attached hydrogen (secondary N) is 2. The van der Waals surface area contributed by atoms with Crippen LogP contribution in [0.4, 0.5) is 0 Å². The fourth-order valence-electron chi connectivity index (χ4n) is 10.6. The number of rotatable bonds is 10. The Balaban J connectivity index is 1.10. The number of benzene rings is 1. The van der Waals surface area contributed by atoms with Gasteiger partial charge in [0.1, 0.15) is 23.1 Å². The van der Waals surface area contributed by atoms with Crippen LogP contribution < -0.4 is 10.7 Å². The number of nitrogens with zero attached hydrogens (tertiary/aromatic N) is 7. The summed E-state index contributed by atoms with van der Waals surface area (Å²) >= 11 is 1.46. The normalized spacial score (nSPS) is 22.6. The predicted molar refractivity (Wildman–Crippen MR) is 278 cm³/mol. The van der Waals surface area contributed by atoms with E-state index in [2.05, 4.69) is 87.3 Å². The number of cyclic esters (lactones) is 1. The van der Waals surface area contributed by atoms with Crippen molar-refractivity contribution in [2.75, 3.05) is 53.5 Å². The first-order valence-corrected chi connectivity index (χ1v) is 26.7. The maximum Gasteiger partial charge on any atom is 0.324 e. The first kappa shape index (κ1) is 52.9. The van der Waals surface area contributed by atoms with Gasteiger partial charge in [-0.15, -0.1) is 11.3 Å². The Morgan fingerprint density at radius 2 is 1.88 bits per heavy atom. The summed E-state index contributed by atoms with van der Waals surface area (Å²) in [6.07, 6.45) is 4.56. The van der Waals surface area contributed by atoms with Gasteiger partial charge in [0.05, 0.1) is 40.4 Å². The number of aryl methyl sites for hydroxylation is 1. The van der Waals surface area contributed by atoms with Crippen molar-refractivity contribution in [3.63, 3.8) is 0 Å². The molecule has 0 unspecified atom stereocenters. The molecule has 3 aromatic heterocycles. The molecule has 4 amide bonds. The van der Waals surface area contributed by atoms with Crippen molar-refractivity contribution < 1.29 is 33.4 Å². The highest BCUT2D eigenvalue weighted by molar-refractivity contribution is 7.13. The molecule has 2 N–H and O–H groups in total. The highest BCUT2D eigenvalue weighted by Crippen LogP contribution is 2.43. The number of esters is 1. The minimum Gasteiger partial charge on any atom is -0.464 e. The lowest BCUT2D eigenvalue weighted by atomic mass is 9.84. The summed E-state index contributed by atoms with van der Waals surface area (Å²) in [5.74, 6) is 3.47. The quantitative estimate of drug-likeness (QED) is 0.113. The SMILES string of the molecule is CCn1c(-c2cccnc2[C@H](C)OC)c2c3cc(ccc31)-c1nc(cs1)C[C@H](NC(=O)[C@H](C(C)C)N(C)C(=O)[C@@]1([Si])CCN(C(=O)C#CC(C)(C)N3CCC3)C1)C(=O)N1CCC[C@H](N1)C(=O)OCC(C)(C)C2. The first-order chi connectivity index (χ1) is 34.1. The molecule has 4 aromatic rings. The standard InChI is InChI=1S/C54H70N9O7SSi/c1-11-62-42-18-17-35-27-38(42)39(46(62)37-15-12-22-55-44(37)34(4)69-10)29-52(5,6)32-70-50(67)40-16-13-25-63(58-40)49(66)41(28-36-30-71-48(35)56-36)57-47(65)45(33(2)3)59(9)51(68)54(72)21-26-60(31-54)43(64)19-20-53(7,8)61-23-14-24-61/h12,15,17-18,22,27,30,33-34,40-41,45,58H,11,13-14,16,21,23-26,28-29,31-32H2,1-10H3,(H,57,65)/t34-,40-,41-,45-,54+/m0/s1. The van der Waals surface area contributed by atoms with Crippen LogP contribution in [0.15, 0.2) is 41.9 Å². The van der Waals surface area contributed by atoms with Crippen LogP contribution >= 0.6 is 11.3 Å². The predicted octanol–water partition coefficient (Wildman–Crippen LogP) is 5.73. The average molecular weight is 1020 g/mol. The summed E-state index contributed by atoms with van der Waals surface area (Å²) in [6.45, 7) is 19.4. The summed E-state index contributed by atoms with van der Waals surface area (Å²) in [6, 6.07) is 7.51. The number of likely N-dealkylation sites (N-methyl/N-ethyl adjacent to an activating group) is 1. The van der Waals surface area contributed by atoms with E-state index >= 15 is 0 Å². The number of methoxy groups -OCH3 is 1. The third-order valence-corrected chi connectivity index (χ3v) is 16.4. The Hall–Kier alpha value is -5.45. The lowest BCUT2D eigenvalue weighted by molar-refractivity contribution is -0.155. The number of hydrogen-bond acceptors (Lipinski definition) is 12. The van der Waals surface area contributed by atoms with Crippen molar-refractivity contribution in [2.24, 2.45) is 11.3 Å². The van der Waals surface area contributed by atoms with Crippen molar-refractivity contribution in [3.8, 4) is 33.7 Å². The van der Waals surface area contributed by atoms with E-state index in [1.165, 1.54) is 21.2 Å². The molecule has 3 fully saturated rings. The molecule has 4 aliphatic rings. The minimum atomic E-state index is -1.15. The second-order valence-electron chi connectivity index (χ2n) is 21.6. The Morgan fingerprint density at radius 1 is 1.11 bits per heavy atom. The number of thiazole rings is 1. The molecule has 72 heavy (non-hydrogen) atoms. The van der Waals surface area contributed by atoms with E-state index in [0.717, 1.165) is 63.5 Å². The highest BCUT2D eigenvalue weighted by atomic mass is 32.1. The molecule has 6 bridgehead atoms. The van der Waals surface area contributed by atoms with Crippen molar-refractivity contribution >= 4 is 62.1 Å². The zero-order chi connectivity index (χ0) is 51.9. The van der Waals surface area contributed by atoms with E-state index in [1.54, 1.807) is 25.3 Å². The van der Waals surface area contributed by atoms with Gasteiger partial charge in [-0.2, -0.15) is 0 Å². The van der Waals surface area contributed by atoms with Gasteiger partial charge in [0.25, 0.3) is 11.8 Å². The molecular weight excluding hydrogens is 947 g/mol. The molecule has 0 spiro atoms. The number of hydrogen-bond donors (Lipinski definition) is 2. The van der Waals surface area contributed by atoms with Crippen LogP contribution in [-0.4, -0.2) is 151 Å². The number of carbonyl (C=O) groups excluding carboxylic acids is 5. The molecule has 0 saturated carbocycles. The molecule has 5 atom stereocenters. The number of fused-ring (bicyclic) bond motifs is 6. The van der Waals surface area contributed by atoms with Crippen molar-refractivity contribution in [1.29, 1.82) is 0 Å². The van der Waals surface area contributed by atoms with Crippen LogP contribution in [0.3, 0.4) is 0 Å². The molecule has 7 heterocycles. The van der Waals surface area contributed by atoms with Crippen molar-refractivity contribution in [2.45, 2.75) is 135 Å². The first-order valence-electron chi connectivity index (χ1n) is 25.4. The van der Waals surface area contributed by atoms with E-state index in [-0.39, 0.29) is 43.4 Å². The van der Waals surface area contributed by atoms with Gasteiger partial charge in [-0.3, -0.25) is 38.9 Å². The summed E-state index contributed by atoms with van der Waals surface area (Å²) in [4.78, 5) is 86.4. The van der Waals surface area contributed by atoms with Gasteiger partial charge in [0.2, 0.25) is 11.8 Å². The second-order valence-corrected chi connectivity index (χ2v) is 23.4. The fourth-order valence-corrected chi connectivity index (χ4v) is 11.9. The lowest BCUT2D eigenvalue weighted by Crippen LogP contribution is -2.62. The van der Waals surface area contributed by atoms with Gasteiger partial charge in [-0.25, -0.2) is 10.4 Å². The summed E-state index contributed by atoms with van der Waals surface area (Å²) in [7, 11) is 7.05. The number of hydrazine groups is 1. The van der Waals surface area contributed by atoms with E-state index < -0.39 is 51.9 Å². The second kappa shape index (κ2) is 21.2. The van der Waals surface area contributed by atoms with Crippen molar-refractivity contribution in [3.05, 3.63) is 58.9 Å². The van der Waals surface area contributed by atoms with E-state index in [0.29, 0.717) is 51.0 Å². The van der Waals surface area contributed by atoms with Crippen LogP contribution in [0.2, 0.25) is 5.04 Å². The van der Waals surface area contributed by atoms with E-state index in [1.807, 2.05) is 46.1 Å². The Bertz CT molecular complexity index is 2790. The number of likely N-dealkylation sites (tertiary alicyclic amines) is 2. The van der Waals surface area contributed by atoms with Crippen LogP contribution in [-0.2, 0) is 52.8 Å². The third-order valence-electron chi connectivity index (χ3n) is 14.9. The molecular formula is C54H70N9O7SSi. The zero-order valence-corrected chi connectivity index (χ0v) is 45.3. The third kappa shape index (κ3) is 10.8. The summed E-state index contributed by atoms with van der Waals surface area (Å²) in [5, 5.41) is 7.02. The summed E-state index contributed by atoms with van der Waals surface area (Å²) < 4.78 is 14.3. The maximum absolute atomic E-state index is 14.8. The lowest BCUT2D eigenvalue weighted by Gasteiger charge is -2.41. The smallest absolute Gasteiger partial charge is 0.324 e. The maximum atomic E-state index is 14.8. The molecule has 0 aliphatic carbocycles. The van der Waals surface area contributed by atoms with Gasteiger partial charge < -0.3 is 29.2 Å². The zero-order valence-electron chi connectivity index (χ0n) is 43.5. The van der Waals surface area contributed by atoms with E-state index in [4.69, 9.17) is 19.4 Å².